The fourth-order valence-corrected chi connectivity index (χ4v) is 4.61. The molecule has 0 bridgehead atoms. The van der Waals surface area contributed by atoms with Gasteiger partial charge in [-0.2, -0.15) is 0 Å². The second kappa shape index (κ2) is 7.63. The van der Waals surface area contributed by atoms with Crippen LogP contribution in [0.4, 0.5) is 15.6 Å². The van der Waals surface area contributed by atoms with E-state index in [4.69, 9.17) is 0 Å². The fraction of sp³-hybridized carbons (Fsp3) is 0.412. The molecule has 0 saturated carbocycles. The number of hydrogen-bond donors (Lipinski definition) is 3. The molecule has 1 aliphatic rings. The fourth-order valence-electron chi connectivity index (χ4n) is 2.98. The van der Waals surface area contributed by atoms with Crippen molar-refractivity contribution in [1.29, 1.82) is 0 Å². The maximum Gasteiger partial charge on any atom is 0.321 e. The van der Waals surface area contributed by atoms with Crippen molar-refractivity contribution in [3.8, 4) is 0 Å². The van der Waals surface area contributed by atoms with Crippen molar-refractivity contribution < 1.29 is 13.2 Å². The van der Waals surface area contributed by atoms with Crippen molar-refractivity contribution in [3.05, 3.63) is 40.4 Å². The number of amides is 2. The lowest BCUT2D eigenvalue weighted by Gasteiger charge is -2.18. The normalized spacial score (nSPS) is 15.0. The van der Waals surface area contributed by atoms with Gasteiger partial charge in [0, 0.05) is 4.88 Å². The number of para-hydroxylation sites is 1. The molecule has 2 amide bonds. The van der Waals surface area contributed by atoms with Gasteiger partial charge >= 0.3 is 6.03 Å². The van der Waals surface area contributed by atoms with Crippen LogP contribution in [0.5, 0.6) is 0 Å². The Morgan fingerprint density at radius 1 is 1.23 bits per heavy atom. The summed E-state index contributed by atoms with van der Waals surface area (Å²) in [6.45, 7) is 1.80. The molecule has 3 N–H and O–H groups in total. The summed E-state index contributed by atoms with van der Waals surface area (Å²) in [7, 11) is -3.40. The Balaban J connectivity index is 1.67. The summed E-state index contributed by atoms with van der Waals surface area (Å²) < 4.78 is 25.5. The number of benzene rings is 1. The van der Waals surface area contributed by atoms with Crippen LogP contribution >= 0.6 is 11.3 Å². The zero-order chi connectivity index (χ0) is 18.7. The lowest BCUT2D eigenvalue weighted by Crippen LogP contribution is -2.31. The predicted octanol–water partition coefficient (Wildman–Crippen LogP) is 3.28. The molecule has 26 heavy (non-hydrogen) atoms. The molecule has 1 aromatic heterocycles. The standard InChI is InChI=1S/C17H22N4O3S2/c1-11(12-7-3-4-8-13(12)21-26(2,23)24)18-16(22)20-17-19-14-9-5-6-10-15(14)25-17/h3-4,7-8,11,21H,5-6,9-10H2,1-2H3,(H2,18,19,20,22). The number of aromatic nitrogens is 1. The molecule has 1 unspecified atom stereocenters. The van der Waals surface area contributed by atoms with Gasteiger partial charge in [-0.05, 0) is 44.2 Å². The number of aryl methyl sites for hydroxylation is 2. The maximum absolute atomic E-state index is 12.3. The van der Waals surface area contributed by atoms with Crippen LogP contribution in [0, 0.1) is 0 Å². The molecule has 0 aliphatic heterocycles. The molecule has 0 fully saturated rings. The number of nitrogens with zero attached hydrogens (tertiary/aromatic N) is 1. The second-order valence-electron chi connectivity index (χ2n) is 6.38. The van der Waals surface area contributed by atoms with Gasteiger partial charge in [0.05, 0.1) is 23.7 Å². The summed E-state index contributed by atoms with van der Waals surface area (Å²) >= 11 is 1.52. The van der Waals surface area contributed by atoms with E-state index < -0.39 is 10.0 Å². The van der Waals surface area contributed by atoms with E-state index in [9.17, 15) is 13.2 Å². The Hall–Kier alpha value is -2.13. The van der Waals surface area contributed by atoms with Crippen LogP contribution in [0.2, 0.25) is 0 Å². The highest BCUT2D eigenvalue weighted by atomic mass is 32.2. The highest BCUT2D eigenvalue weighted by Gasteiger charge is 2.18. The molecule has 1 aromatic carbocycles. The van der Waals surface area contributed by atoms with Gasteiger partial charge in [0.1, 0.15) is 0 Å². The number of rotatable bonds is 5. The highest BCUT2D eigenvalue weighted by molar-refractivity contribution is 7.92. The number of sulfonamides is 1. The van der Waals surface area contributed by atoms with Crippen LogP contribution in [-0.2, 0) is 22.9 Å². The molecular formula is C17H22N4O3S2. The summed E-state index contributed by atoms with van der Waals surface area (Å²) in [5.41, 5.74) is 2.23. The molecule has 2 aromatic rings. The quantitative estimate of drug-likeness (QED) is 0.724. The minimum Gasteiger partial charge on any atom is -0.331 e. The maximum atomic E-state index is 12.3. The Labute approximate surface area is 157 Å². The average molecular weight is 395 g/mol. The average Bonchev–Trinajstić information content (AvgIpc) is 2.95. The molecule has 1 heterocycles. The van der Waals surface area contributed by atoms with Gasteiger partial charge in [-0.15, -0.1) is 11.3 Å². The topological polar surface area (TPSA) is 100 Å². The third kappa shape index (κ3) is 4.73. The molecule has 7 nitrogen and oxygen atoms in total. The van der Waals surface area contributed by atoms with Gasteiger partial charge in [0.2, 0.25) is 10.0 Å². The summed E-state index contributed by atoms with van der Waals surface area (Å²) in [5, 5.41) is 6.22. The molecule has 0 spiro atoms. The van der Waals surface area contributed by atoms with E-state index in [1.807, 2.05) is 0 Å². The summed E-state index contributed by atoms with van der Waals surface area (Å²) in [4.78, 5) is 18.1. The van der Waals surface area contributed by atoms with Crippen LogP contribution in [0.3, 0.4) is 0 Å². The minimum atomic E-state index is -3.40. The zero-order valence-electron chi connectivity index (χ0n) is 14.7. The van der Waals surface area contributed by atoms with E-state index in [1.165, 1.54) is 22.6 Å². The monoisotopic (exact) mass is 394 g/mol. The first-order valence-corrected chi connectivity index (χ1v) is 11.2. The van der Waals surface area contributed by atoms with Gasteiger partial charge in [0.25, 0.3) is 0 Å². The Bertz CT molecular complexity index is 885. The summed E-state index contributed by atoms with van der Waals surface area (Å²) in [6, 6.07) is 6.24. The first-order valence-electron chi connectivity index (χ1n) is 8.44. The SMILES string of the molecule is CC(NC(=O)Nc1nc2c(s1)CCCC2)c1ccccc1NS(C)(=O)=O. The number of carbonyl (C=O) groups excluding carboxylic acids is 1. The smallest absolute Gasteiger partial charge is 0.321 e. The van der Waals surface area contributed by atoms with Crippen molar-refractivity contribution in [2.45, 2.75) is 38.6 Å². The number of thiazole rings is 1. The predicted molar refractivity (Wildman–Crippen MR) is 104 cm³/mol. The minimum absolute atomic E-state index is 0.363. The first-order chi connectivity index (χ1) is 12.3. The second-order valence-corrected chi connectivity index (χ2v) is 9.21. The van der Waals surface area contributed by atoms with Gasteiger partial charge in [-0.25, -0.2) is 18.2 Å². The number of anilines is 2. The number of hydrogen-bond acceptors (Lipinski definition) is 5. The Morgan fingerprint density at radius 2 is 1.96 bits per heavy atom. The van der Waals surface area contributed by atoms with Crippen LogP contribution in [0.1, 0.15) is 41.9 Å². The number of urea groups is 1. The number of carbonyl (C=O) groups is 1. The van der Waals surface area contributed by atoms with Crippen LogP contribution < -0.4 is 15.4 Å². The van der Waals surface area contributed by atoms with E-state index in [2.05, 4.69) is 20.3 Å². The van der Waals surface area contributed by atoms with Gasteiger partial charge in [0.15, 0.2) is 5.13 Å². The Kier molecular flexibility index (Phi) is 5.47. The van der Waals surface area contributed by atoms with Crippen LogP contribution in [0.15, 0.2) is 24.3 Å². The number of fused-ring (bicyclic) bond motifs is 1. The van der Waals surface area contributed by atoms with Gasteiger partial charge in [-0.1, -0.05) is 18.2 Å². The molecule has 1 aliphatic carbocycles. The van der Waals surface area contributed by atoms with E-state index in [-0.39, 0.29) is 12.1 Å². The zero-order valence-corrected chi connectivity index (χ0v) is 16.3. The molecular weight excluding hydrogens is 372 g/mol. The van der Waals surface area contributed by atoms with Crippen LogP contribution in [0.25, 0.3) is 0 Å². The summed E-state index contributed by atoms with van der Waals surface area (Å²) in [5.74, 6) is 0. The molecule has 1 atom stereocenters. The first kappa shape index (κ1) is 18.7. The van der Waals surface area contributed by atoms with Crippen molar-refractivity contribution in [1.82, 2.24) is 10.3 Å². The van der Waals surface area contributed by atoms with Gasteiger partial charge in [-0.3, -0.25) is 10.0 Å². The molecule has 9 heteroatoms. The molecule has 0 radical (unpaired) electrons. The van der Waals surface area contributed by atoms with E-state index in [0.29, 0.717) is 16.4 Å². The highest BCUT2D eigenvalue weighted by Crippen LogP contribution is 2.29. The van der Waals surface area contributed by atoms with Crippen molar-refractivity contribution in [3.63, 3.8) is 0 Å². The molecule has 3 rings (SSSR count). The van der Waals surface area contributed by atoms with Gasteiger partial charge < -0.3 is 5.32 Å². The van der Waals surface area contributed by atoms with Crippen molar-refractivity contribution >= 4 is 38.2 Å². The largest absolute Gasteiger partial charge is 0.331 e. The van der Waals surface area contributed by atoms with E-state index in [1.54, 1.807) is 31.2 Å². The van der Waals surface area contributed by atoms with Crippen molar-refractivity contribution in [2.75, 3.05) is 16.3 Å². The Morgan fingerprint density at radius 3 is 2.69 bits per heavy atom. The number of nitrogens with one attached hydrogen (secondary N) is 3. The molecule has 0 saturated heterocycles. The lowest BCUT2D eigenvalue weighted by atomic mass is 10.0. The summed E-state index contributed by atoms with van der Waals surface area (Å²) in [6.07, 6.45) is 5.40. The molecule has 140 valence electrons. The third-order valence-corrected chi connectivity index (χ3v) is 5.80. The third-order valence-electron chi connectivity index (χ3n) is 4.14. The van der Waals surface area contributed by atoms with Crippen molar-refractivity contribution in [2.24, 2.45) is 0 Å². The lowest BCUT2D eigenvalue weighted by molar-refractivity contribution is 0.249. The van der Waals surface area contributed by atoms with E-state index >= 15 is 0 Å². The van der Waals surface area contributed by atoms with Crippen LogP contribution in [-0.4, -0.2) is 25.7 Å². The van der Waals surface area contributed by atoms with E-state index in [0.717, 1.165) is 31.2 Å².